The van der Waals surface area contributed by atoms with Crippen LogP contribution in [0.2, 0.25) is 0 Å². The second-order valence-electron chi connectivity index (χ2n) is 6.93. The number of hydrogen-bond acceptors (Lipinski definition) is 4. The van der Waals surface area contributed by atoms with Crippen LogP contribution in [-0.4, -0.2) is 35.0 Å². The third-order valence-electron chi connectivity index (χ3n) is 4.74. The highest BCUT2D eigenvalue weighted by Crippen LogP contribution is 2.25. The maximum absolute atomic E-state index is 12.9. The van der Waals surface area contributed by atoms with Gasteiger partial charge in [-0.05, 0) is 37.8 Å². The number of aryl methyl sites for hydroxylation is 1. The van der Waals surface area contributed by atoms with Crippen molar-refractivity contribution >= 4 is 17.6 Å². The maximum atomic E-state index is 12.9. The van der Waals surface area contributed by atoms with Gasteiger partial charge in [0.25, 0.3) is 5.91 Å². The lowest BCUT2D eigenvalue weighted by Crippen LogP contribution is -2.41. The van der Waals surface area contributed by atoms with Gasteiger partial charge in [-0.25, -0.2) is 0 Å². The van der Waals surface area contributed by atoms with Crippen molar-refractivity contribution in [1.82, 2.24) is 10.1 Å². The van der Waals surface area contributed by atoms with Crippen LogP contribution in [0.15, 0.2) is 40.9 Å². The normalized spacial score (nSPS) is 14.8. The van der Waals surface area contributed by atoms with Crippen LogP contribution in [0, 0.1) is 12.8 Å². The number of amides is 2. The number of aromatic nitrogens is 1. The van der Waals surface area contributed by atoms with Crippen molar-refractivity contribution < 1.29 is 14.1 Å². The molecule has 0 radical (unpaired) electrons. The molecule has 138 valence electrons. The number of carbonyl (C=O) groups excluding carboxylic acids is 2. The Labute approximate surface area is 153 Å². The second kappa shape index (κ2) is 8.65. The first-order valence-electron chi connectivity index (χ1n) is 9.19. The van der Waals surface area contributed by atoms with Gasteiger partial charge in [0.1, 0.15) is 12.3 Å². The highest BCUT2D eigenvalue weighted by atomic mass is 16.5. The third-order valence-corrected chi connectivity index (χ3v) is 4.74. The van der Waals surface area contributed by atoms with Gasteiger partial charge in [0, 0.05) is 18.2 Å². The van der Waals surface area contributed by atoms with Crippen LogP contribution in [0.5, 0.6) is 0 Å². The molecule has 2 aromatic rings. The molecule has 0 saturated heterocycles. The molecule has 26 heavy (non-hydrogen) atoms. The molecule has 3 rings (SSSR count). The van der Waals surface area contributed by atoms with Crippen LogP contribution in [-0.2, 0) is 4.79 Å². The summed E-state index contributed by atoms with van der Waals surface area (Å²) in [7, 11) is 0. The SMILES string of the molecule is Cc1cc(NC(=O)CN(CC2CCCCC2)C(=O)c2ccccc2)no1. The summed E-state index contributed by atoms with van der Waals surface area (Å²) in [6.45, 7) is 2.38. The van der Waals surface area contributed by atoms with E-state index in [1.54, 1.807) is 30.0 Å². The molecule has 1 aromatic carbocycles. The Morgan fingerprint density at radius 2 is 1.92 bits per heavy atom. The molecule has 1 N–H and O–H groups in total. The molecular weight excluding hydrogens is 330 g/mol. The average molecular weight is 355 g/mol. The van der Waals surface area contributed by atoms with Gasteiger partial charge in [-0.3, -0.25) is 9.59 Å². The van der Waals surface area contributed by atoms with E-state index in [-0.39, 0.29) is 18.4 Å². The van der Waals surface area contributed by atoms with Crippen LogP contribution in [0.1, 0.15) is 48.2 Å². The summed E-state index contributed by atoms with van der Waals surface area (Å²) >= 11 is 0. The first kappa shape index (κ1) is 18.2. The van der Waals surface area contributed by atoms with Crippen LogP contribution < -0.4 is 5.32 Å². The van der Waals surface area contributed by atoms with Crippen LogP contribution in [0.25, 0.3) is 0 Å². The van der Waals surface area contributed by atoms with E-state index in [0.29, 0.717) is 29.6 Å². The van der Waals surface area contributed by atoms with Gasteiger partial charge < -0.3 is 14.7 Å². The minimum absolute atomic E-state index is 0.0101. The molecule has 0 spiro atoms. The second-order valence-corrected chi connectivity index (χ2v) is 6.93. The van der Waals surface area contributed by atoms with Crippen molar-refractivity contribution in [3.8, 4) is 0 Å². The van der Waals surface area contributed by atoms with Crippen molar-refractivity contribution in [2.75, 3.05) is 18.4 Å². The van der Waals surface area contributed by atoms with E-state index in [9.17, 15) is 9.59 Å². The number of anilines is 1. The molecule has 0 atom stereocenters. The van der Waals surface area contributed by atoms with Crippen molar-refractivity contribution in [2.24, 2.45) is 5.92 Å². The van der Waals surface area contributed by atoms with E-state index in [2.05, 4.69) is 10.5 Å². The van der Waals surface area contributed by atoms with E-state index in [1.807, 2.05) is 18.2 Å². The average Bonchev–Trinajstić information content (AvgIpc) is 3.06. The van der Waals surface area contributed by atoms with Gasteiger partial charge in [-0.15, -0.1) is 0 Å². The molecule has 1 aromatic heterocycles. The zero-order chi connectivity index (χ0) is 18.4. The molecule has 6 nitrogen and oxygen atoms in total. The minimum atomic E-state index is -0.265. The number of nitrogens with one attached hydrogen (secondary N) is 1. The molecule has 1 heterocycles. The Morgan fingerprint density at radius 1 is 1.19 bits per heavy atom. The summed E-state index contributed by atoms with van der Waals surface area (Å²) in [6.07, 6.45) is 5.88. The van der Waals surface area contributed by atoms with Gasteiger partial charge in [0.05, 0.1) is 0 Å². The number of hydrogen-bond donors (Lipinski definition) is 1. The van der Waals surface area contributed by atoms with Crippen molar-refractivity contribution in [1.29, 1.82) is 0 Å². The number of carbonyl (C=O) groups is 2. The lowest BCUT2D eigenvalue weighted by Gasteiger charge is -2.29. The quantitative estimate of drug-likeness (QED) is 0.858. The van der Waals surface area contributed by atoms with E-state index < -0.39 is 0 Å². The fourth-order valence-electron chi connectivity index (χ4n) is 3.44. The summed E-state index contributed by atoms with van der Waals surface area (Å²) in [5, 5.41) is 6.47. The molecule has 1 fully saturated rings. The predicted octanol–water partition coefficient (Wildman–Crippen LogP) is 3.64. The monoisotopic (exact) mass is 355 g/mol. The summed E-state index contributed by atoms with van der Waals surface area (Å²) in [6, 6.07) is 10.8. The largest absolute Gasteiger partial charge is 0.360 e. The summed E-state index contributed by atoms with van der Waals surface area (Å²) in [5.41, 5.74) is 0.605. The maximum Gasteiger partial charge on any atom is 0.254 e. The van der Waals surface area contributed by atoms with Gasteiger partial charge in [0.2, 0.25) is 5.91 Å². The fraction of sp³-hybridized carbons (Fsp3) is 0.450. The van der Waals surface area contributed by atoms with E-state index >= 15 is 0 Å². The highest BCUT2D eigenvalue weighted by Gasteiger charge is 2.24. The van der Waals surface area contributed by atoms with E-state index in [0.717, 1.165) is 12.8 Å². The van der Waals surface area contributed by atoms with Crippen molar-refractivity contribution in [3.63, 3.8) is 0 Å². The zero-order valence-corrected chi connectivity index (χ0v) is 15.1. The third kappa shape index (κ3) is 4.94. The Kier molecular flexibility index (Phi) is 6.04. The zero-order valence-electron chi connectivity index (χ0n) is 15.1. The highest BCUT2D eigenvalue weighted by molar-refractivity contribution is 5.99. The fourth-order valence-corrected chi connectivity index (χ4v) is 3.44. The van der Waals surface area contributed by atoms with Crippen LogP contribution in [0.4, 0.5) is 5.82 Å². The number of benzene rings is 1. The smallest absolute Gasteiger partial charge is 0.254 e. The van der Waals surface area contributed by atoms with Gasteiger partial charge >= 0.3 is 0 Å². The van der Waals surface area contributed by atoms with Crippen LogP contribution >= 0.6 is 0 Å². The molecule has 0 aliphatic heterocycles. The van der Waals surface area contributed by atoms with Gasteiger partial charge in [-0.2, -0.15) is 0 Å². The van der Waals surface area contributed by atoms with E-state index in [4.69, 9.17) is 4.52 Å². The molecule has 2 amide bonds. The Hall–Kier alpha value is -2.63. The summed E-state index contributed by atoms with van der Waals surface area (Å²) in [5.74, 6) is 1.08. The standard InChI is InChI=1S/C20H25N3O3/c1-15-12-18(22-26-15)21-19(24)14-23(13-16-8-4-2-5-9-16)20(25)17-10-6-3-7-11-17/h3,6-7,10-12,16H,2,4-5,8-9,13-14H2,1H3,(H,21,22,24). The molecule has 0 bridgehead atoms. The predicted molar refractivity (Wildman–Crippen MR) is 98.8 cm³/mol. The molecule has 1 aliphatic rings. The molecule has 0 unspecified atom stereocenters. The Bertz CT molecular complexity index is 736. The Balaban J connectivity index is 1.68. The molecule has 6 heteroatoms. The van der Waals surface area contributed by atoms with Crippen LogP contribution in [0.3, 0.4) is 0 Å². The van der Waals surface area contributed by atoms with Gasteiger partial charge in [-0.1, -0.05) is 42.6 Å². The molecular formula is C20H25N3O3. The summed E-state index contributed by atoms with van der Waals surface area (Å²) < 4.78 is 4.96. The lowest BCUT2D eigenvalue weighted by molar-refractivity contribution is -0.117. The number of rotatable bonds is 6. The minimum Gasteiger partial charge on any atom is -0.360 e. The molecule has 1 saturated carbocycles. The topological polar surface area (TPSA) is 75.4 Å². The van der Waals surface area contributed by atoms with Gasteiger partial charge in [0.15, 0.2) is 5.82 Å². The lowest BCUT2D eigenvalue weighted by atomic mass is 9.89. The molecule has 1 aliphatic carbocycles. The Morgan fingerprint density at radius 3 is 2.58 bits per heavy atom. The first-order valence-corrected chi connectivity index (χ1v) is 9.19. The first-order chi connectivity index (χ1) is 12.6. The van der Waals surface area contributed by atoms with Crippen molar-refractivity contribution in [3.05, 3.63) is 47.7 Å². The summed E-state index contributed by atoms with van der Waals surface area (Å²) in [4.78, 5) is 27.0. The number of nitrogens with zero attached hydrogens (tertiary/aromatic N) is 2. The van der Waals surface area contributed by atoms with Crippen molar-refractivity contribution in [2.45, 2.75) is 39.0 Å². The van der Waals surface area contributed by atoms with E-state index in [1.165, 1.54) is 19.3 Å².